The zero-order valence-electron chi connectivity index (χ0n) is 38.2. The van der Waals surface area contributed by atoms with Gasteiger partial charge in [0.05, 0.1) is 33.1 Å². The molecule has 71 heavy (non-hydrogen) atoms. The van der Waals surface area contributed by atoms with Crippen molar-refractivity contribution >= 4 is 94.2 Å². The van der Waals surface area contributed by atoms with E-state index in [-0.39, 0.29) is 0 Å². The van der Waals surface area contributed by atoms with Crippen molar-refractivity contribution in [2.45, 2.75) is 0 Å². The van der Waals surface area contributed by atoms with Crippen molar-refractivity contribution in [3.63, 3.8) is 0 Å². The van der Waals surface area contributed by atoms with Crippen LogP contribution in [0.15, 0.2) is 243 Å². The van der Waals surface area contributed by atoms with Gasteiger partial charge in [0.15, 0.2) is 13.9 Å². The number of nitrogens with zero attached hydrogens (tertiary/aromatic N) is 6. The molecule has 332 valence electrons. The van der Waals surface area contributed by atoms with E-state index < -0.39 is 8.07 Å². The lowest BCUT2D eigenvalue weighted by Gasteiger charge is -2.39. The van der Waals surface area contributed by atoms with Crippen LogP contribution >= 0.6 is 0 Å². The zero-order valence-corrected chi connectivity index (χ0v) is 39.2. The standard InChI is InChI=1S/C63H40N6OSi/c1-2-21-43(22-3-1)71(59-35-16-14-33-57(59)70-58-34-15-17-36-60(58)71)44-37-38-50-49-27-4-9-28-51(49)67(56(50)40-44)42-20-18-19-41(39-42)61-64-62(68-52-29-10-5-23-45(52)46-24-6-11-30-53(46)68)66-63(65-61)69-54-31-12-7-25-47(54)48-26-8-13-32-55(48)69/h1-40H. The molecule has 14 aromatic rings. The Balaban J connectivity index is 0.988. The second-order valence-corrected chi connectivity index (χ2v) is 22.1. The summed E-state index contributed by atoms with van der Waals surface area (Å²) >= 11 is 0. The molecule has 1 aliphatic rings. The van der Waals surface area contributed by atoms with Gasteiger partial charge in [-0.25, -0.2) is 0 Å². The summed E-state index contributed by atoms with van der Waals surface area (Å²) in [6.45, 7) is 0. The predicted octanol–water partition coefficient (Wildman–Crippen LogP) is 12.3. The number of benzene rings is 10. The molecule has 10 aromatic carbocycles. The van der Waals surface area contributed by atoms with Crippen molar-refractivity contribution in [3.8, 4) is 40.5 Å². The maximum atomic E-state index is 6.72. The van der Waals surface area contributed by atoms with E-state index >= 15 is 0 Å². The Bertz CT molecular complexity index is 4190. The van der Waals surface area contributed by atoms with Crippen LogP contribution in [0.5, 0.6) is 11.5 Å². The highest BCUT2D eigenvalue weighted by atomic mass is 28.3. The fraction of sp³-hybridized carbons (Fsp3) is 0. The van der Waals surface area contributed by atoms with Crippen LogP contribution in [0.1, 0.15) is 0 Å². The molecule has 0 aliphatic carbocycles. The summed E-state index contributed by atoms with van der Waals surface area (Å²) in [7, 11) is -2.94. The quantitative estimate of drug-likeness (QED) is 0.156. The minimum atomic E-state index is -2.94. The second-order valence-electron chi connectivity index (χ2n) is 18.3. The Morgan fingerprint density at radius 2 is 0.746 bits per heavy atom. The van der Waals surface area contributed by atoms with E-state index in [0.717, 1.165) is 77.4 Å². The molecule has 0 bridgehead atoms. The SMILES string of the molecule is c1ccc([Si]2(c3ccc4c5ccccc5n(-c5cccc(-c6nc(-n7c8ccccc8c8ccccc87)nc(-n7c8ccccc8c8ccccc87)n6)c5)c4c3)c3ccccc3Oc3ccccc32)cc1. The Labute approximate surface area is 408 Å². The molecule has 8 heteroatoms. The molecule has 0 spiro atoms. The first-order chi connectivity index (χ1) is 35.2. The van der Waals surface area contributed by atoms with Gasteiger partial charge in [0.2, 0.25) is 11.9 Å². The molecule has 15 rings (SSSR count). The third-order valence-electron chi connectivity index (χ3n) is 14.7. The first-order valence-electron chi connectivity index (χ1n) is 24.0. The van der Waals surface area contributed by atoms with Gasteiger partial charge in [0.25, 0.3) is 0 Å². The van der Waals surface area contributed by atoms with E-state index in [4.69, 9.17) is 19.7 Å². The average Bonchev–Trinajstić information content (AvgIpc) is 4.08. The first kappa shape index (κ1) is 39.6. The monoisotopic (exact) mass is 924 g/mol. The number of para-hydroxylation sites is 7. The van der Waals surface area contributed by atoms with Crippen molar-refractivity contribution in [2.24, 2.45) is 0 Å². The fourth-order valence-electron chi connectivity index (χ4n) is 11.7. The van der Waals surface area contributed by atoms with Crippen molar-refractivity contribution in [2.75, 3.05) is 0 Å². The van der Waals surface area contributed by atoms with Crippen LogP contribution in [0, 0.1) is 0 Å². The topological polar surface area (TPSA) is 62.7 Å². The molecular formula is C63H40N6OSi. The third kappa shape index (κ3) is 5.73. The highest BCUT2D eigenvalue weighted by Crippen LogP contribution is 2.37. The van der Waals surface area contributed by atoms with Crippen LogP contribution in [0.2, 0.25) is 0 Å². The Morgan fingerprint density at radius 3 is 1.27 bits per heavy atom. The van der Waals surface area contributed by atoms with Gasteiger partial charge in [-0.15, -0.1) is 0 Å². The summed E-state index contributed by atoms with van der Waals surface area (Å²) in [5.74, 6) is 3.48. The molecule has 0 saturated carbocycles. The molecule has 0 radical (unpaired) electrons. The highest BCUT2D eigenvalue weighted by Gasteiger charge is 2.48. The molecule has 4 aromatic heterocycles. The van der Waals surface area contributed by atoms with Crippen molar-refractivity contribution in [1.29, 1.82) is 0 Å². The predicted molar refractivity (Wildman–Crippen MR) is 292 cm³/mol. The maximum absolute atomic E-state index is 6.72. The summed E-state index contributed by atoms with van der Waals surface area (Å²) < 4.78 is 13.5. The van der Waals surface area contributed by atoms with E-state index in [1.165, 1.54) is 31.5 Å². The largest absolute Gasteiger partial charge is 0.458 e. The fourth-order valence-corrected chi connectivity index (χ4v) is 16.6. The molecule has 0 fully saturated rings. The van der Waals surface area contributed by atoms with E-state index in [0.29, 0.717) is 17.7 Å². The van der Waals surface area contributed by atoms with Gasteiger partial charge in [-0.05, 0) is 81.4 Å². The van der Waals surface area contributed by atoms with Crippen LogP contribution < -0.4 is 25.5 Å². The van der Waals surface area contributed by atoms with Gasteiger partial charge in [-0.3, -0.25) is 9.13 Å². The smallest absolute Gasteiger partial charge is 0.240 e. The summed E-state index contributed by atoms with van der Waals surface area (Å²) in [5.41, 5.74) is 8.23. The molecule has 0 atom stereocenters. The van der Waals surface area contributed by atoms with Gasteiger partial charge < -0.3 is 9.30 Å². The van der Waals surface area contributed by atoms with Crippen molar-refractivity contribution in [3.05, 3.63) is 243 Å². The number of aromatic nitrogens is 6. The average molecular weight is 925 g/mol. The molecule has 0 amide bonds. The minimum absolute atomic E-state index is 0.546. The lowest BCUT2D eigenvalue weighted by Crippen LogP contribution is -2.76. The zero-order chi connectivity index (χ0) is 46.6. The second kappa shape index (κ2) is 15.3. The number of fused-ring (bicyclic) bond motifs is 11. The Kier molecular flexibility index (Phi) is 8.54. The van der Waals surface area contributed by atoms with Crippen LogP contribution in [-0.4, -0.2) is 36.7 Å². The molecule has 0 saturated heterocycles. The molecule has 1 aliphatic heterocycles. The number of hydrogen-bond acceptors (Lipinski definition) is 4. The minimum Gasteiger partial charge on any atom is -0.458 e. The number of rotatable bonds is 6. The molecule has 0 N–H and O–H groups in total. The molecular weight excluding hydrogens is 885 g/mol. The number of hydrogen-bond donors (Lipinski definition) is 0. The van der Waals surface area contributed by atoms with Crippen molar-refractivity contribution in [1.82, 2.24) is 28.7 Å². The Hall–Kier alpha value is -9.37. The third-order valence-corrected chi connectivity index (χ3v) is 19.5. The van der Waals surface area contributed by atoms with Crippen LogP contribution in [0.3, 0.4) is 0 Å². The normalized spacial score (nSPS) is 13.0. The molecule has 7 nitrogen and oxygen atoms in total. The number of ether oxygens (including phenoxy) is 1. The summed E-state index contributed by atoms with van der Waals surface area (Å²) in [6, 6.07) is 87.0. The summed E-state index contributed by atoms with van der Waals surface area (Å²) in [5, 5.41) is 12.0. The highest BCUT2D eigenvalue weighted by molar-refractivity contribution is 7.20. The van der Waals surface area contributed by atoms with Crippen LogP contribution in [0.4, 0.5) is 0 Å². The van der Waals surface area contributed by atoms with Crippen LogP contribution in [-0.2, 0) is 0 Å². The lowest BCUT2D eigenvalue weighted by atomic mass is 10.1. The first-order valence-corrected chi connectivity index (χ1v) is 26.0. The van der Waals surface area contributed by atoms with Crippen LogP contribution in [0.25, 0.3) is 94.4 Å². The van der Waals surface area contributed by atoms with Gasteiger partial charge in [-0.1, -0.05) is 182 Å². The van der Waals surface area contributed by atoms with E-state index in [1.807, 2.05) is 0 Å². The van der Waals surface area contributed by atoms with Gasteiger partial charge in [0.1, 0.15) is 11.5 Å². The van der Waals surface area contributed by atoms with Crippen molar-refractivity contribution < 1.29 is 4.74 Å². The maximum Gasteiger partial charge on any atom is 0.240 e. The molecule has 0 unspecified atom stereocenters. The Morgan fingerprint density at radius 1 is 0.310 bits per heavy atom. The molecule has 5 heterocycles. The lowest BCUT2D eigenvalue weighted by molar-refractivity contribution is 0.487. The summed E-state index contributed by atoms with van der Waals surface area (Å²) in [4.78, 5) is 16.3. The summed E-state index contributed by atoms with van der Waals surface area (Å²) in [6.07, 6.45) is 0. The van der Waals surface area contributed by atoms with Gasteiger partial charge in [0, 0.05) is 43.6 Å². The van der Waals surface area contributed by atoms with E-state index in [9.17, 15) is 0 Å². The van der Waals surface area contributed by atoms with Gasteiger partial charge >= 0.3 is 0 Å². The van der Waals surface area contributed by atoms with E-state index in [1.54, 1.807) is 0 Å². The van der Waals surface area contributed by atoms with E-state index in [2.05, 4.69) is 256 Å². The van der Waals surface area contributed by atoms with Gasteiger partial charge in [-0.2, -0.15) is 15.0 Å².